The number of carbonyl (C=O) groups is 1. The van der Waals surface area contributed by atoms with Crippen LogP contribution in [0, 0.1) is 0 Å². The summed E-state index contributed by atoms with van der Waals surface area (Å²) in [5.74, 6) is -0.297. The van der Waals surface area contributed by atoms with Crippen molar-refractivity contribution < 1.29 is 9.53 Å². The Morgan fingerprint density at radius 3 is 2.69 bits per heavy atom. The maximum atomic E-state index is 11.3. The van der Waals surface area contributed by atoms with E-state index in [4.69, 9.17) is 10.5 Å². The number of hydrogen-bond acceptors (Lipinski definition) is 3. The summed E-state index contributed by atoms with van der Waals surface area (Å²) in [7, 11) is 0. The zero-order valence-corrected chi connectivity index (χ0v) is 7.88. The number of carbonyl (C=O) groups excluding carboxylic acids is 1. The fourth-order valence-electron chi connectivity index (χ4n) is 0.892. The first-order valence-electron chi connectivity index (χ1n) is 4.36. The number of esters is 1. The Morgan fingerprint density at radius 1 is 1.69 bits per heavy atom. The maximum absolute atomic E-state index is 11.3. The average molecular weight is 181 g/mol. The molecule has 0 amide bonds. The predicted octanol–water partition coefficient (Wildman–Crippen LogP) is 1.15. The largest absolute Gasteiger partial charge is 0.459 e. The van der Waals surface area contributed by atoms with Gasteiger partial charge in [0.2, 0.25) is 0 Å². The molecular formula is C10H15NO2. The predicted molar refractivity (Wildman–Crippen MR) is 51.1 cm³/mol. The lowest BCUT2D eigenvalue weighted by Crippen LogP contribution is -2.34. The summed E-state index contributed by atoms with van der Waals surface area (Å²) in [5, 5.41) is 0. The van der Waals surface area contributed by atoms with Crippen molar-refractivity contribution in [2.45, 2.75) is 25.3 Å². The lowest BCUT2D eigenvalue weighted by molar-refractivity contribution is -0.145. The van der Waals surface area contributed by atoms with Crippen molar-refractivity contribution in [1.82, 2.24) is 0 Å². The summed E-state index contributed by atoms with van der Waals surface area (Å²) in [6, 6.07) is 0. The highest BCUT2D eigenvalue weighted by Gasteiger charge is 2.47. The maximum Gasteiger partial charge on any atom is 0.326 e. The van der Waals surface area contributed by atoms with E-state index in [9.17, 15) is 4.79 Å². The van der Waals surface area contributed by atoms with Crippen LogP contribution >= 0.6 is 0 Å². The molecule has 0 aromatic heterocycles. The molecule has 1 fully saturated rings. The van der Waals surface area contributed by atoms with Crippen LogP contribution in [0.5, 0.6) is 0 Å². The van der Waals surface area contributed by atoms with Crippen LogP contribution in [0.4, 0.5) is 0 Å². The highest BCUT2D eigenvalue weighted by Crippen LogP contribution is 2.33. The molecule has 0 unspecified atom stereocenters. The van der Waals surface area contributed by atoms with Crippen molar-refractivity contribution in [3.05, 3.63) is 24.3 Å². The Morgan fingerprint density at radius 2 is 2.31 bits per heavy atom. The molecule has 2 N–H and O–H groups in total. The van der Waals surface area contributed by atoms with Crippen molar-refractivity contribution in [3.8, 4) is 0 Å². The van der Waals surface area contributed by atoms with E-state index in [-0.39, 0.29) is 12.6 Å². The molecule has 0 saturated heterocycles. The normalized spacial score (nSPS) is 19.4. The molecule has 0 aromatic carbocycles. The van der Waals surface area contributed by atoms with Gasteiger partial charge in [-0.05, 0) is 25.3 Å². The first-order valence-corrected chi connectivity index (χ1v) is 4.36. The third-order valence-corrected chi connectivity index (χ3v) is 2.20. The van der Waals surface area contributed by atoms with E-state index < -0.39 is 5.54 Å². The molecular weight excluding hydrogens is 166 g/mol. The Balaban J connectivity index is 2.34. The second kappa shape index (κ2) is 3.75. The monoisotopic (exact) mass is 181 g/mol. The molecule has 0 heterocycles. The minimum absolute atomic E-state index is 0.276. The highest BCUT2D eigenvalue weighted by molar-refractivity contribution is 5.83. The van der Waals surface area contributed by atoms with Gasteiger partial charge in [-0.1, -0.05) is 18.7 Å². The van der Waals surface area contributed by atoms with Crippen LogP contribution in [0.25, 0.3) is 0 Å². The Bertz CT molecular complexity index is 252. The standard InChI is InChI=1S/C10H15NO2/c1-3-8(4-2)7-13-9(12)10(11)5-6-10/h3-4H,1,5-7,11H2,2H3/b8-4+. The summed E-state index contributed by atoms with van der Waals surface area (Å²) in [6.45, 7) is 5.75. The van der Waals surface area contributed by atoms with Crippen LogP contribution in [0.1, 0.15) is 19.8 Å². The van der Waals surface area contributed by atoms with Gasteiger partial charge in [0.1, 0.15) is 12.1 Å². The minimum atomic E-state index is -0.681. The smallest absolute Gasteiger partial charge is 0.326 e. The first kappa shape index (κ1) is 9.99. The Kier molecular flexibility index (Phi) is 2.88. The molecule has 1 rings (SSSR count). The van der Waals surface area contributed by atoms with Crippen LogP contribution in [-0.2, 0) is 9.53 Å². The van der Waals surface area contributed by atoms with E-state index in [1.807, 2.05) is 13.0 Å². The van der Waals surface area contributed by atoms with Crippen LogP contribution in [0.15, 0.2) is 24.3 Å². The number of allylic oxidation sites excluding steroid dienone is 1. The van der Waals surface area contributed by atoms with Gasteiger partial charge in [-0.2, -0.15) is 0 Å². The van der Waals surface area contributed by atoms with E-state index in [0.29, 0.717) is 0 Å². The fraction of sp³-hybridized carbons (Fsp3) is 0.500. The summed E-state index contributed by atoms with van der Waals surface area (Å²) >= 11 is 0. The van der Waals surface area contributed by atoms with Crippen LogP contribution < -0.4 is 5.73 Å². The molecule has 0 bridgehead atoms. The van der Waals surface area contributed by atoms with Gasteiger partial charge < -0.3 is 10.5 Å². The van der Waals surface area contributed by atoms with Crippen LogP contribution in [0.3, 0.4) is 0 Å². The molecule has 1 aliphatic rings. The molecule has 1 saturated carbocycles. The third kappa shape index (κ3) is 2.42. The zero-order valence-electron chi connectivity index (χ0n) is 7.88. The zero-order chi connectivity index (χ0) is 9.90. The molecule has 0 spiro atoms. The lowest BCUT2D eigenvalue weighted by Gasteiger charge is -2.09. The van der Waals surface area contributed by atoms with E-state index in [1.165, 1.54) is 0 Å². The summed E-state index contributed by atoms with van der Waals surface area (Å²) in [4.78, 5) is 11.3. The van der Waals surface area contributed by atoms with Gasteiger partial charge in [-0.25, -0.2) is 0 Å². The van der Waals surface area contributed by atoms with Gasteiger partial charge in [0, 0.05) is 0 Å². The molecule has 13 heavy (non-hydrogen) atoms. The van der Waals surface area contributed by atoms with Crippen molar-refractivity contribution in [1.29, 1.82) is 0 Å². The van der Waals surface area contributed by atoms with Gasteiger partial charge in [0.05, 0.1) is 0 Å². The Labute approximate surface area is 78.3 Å². The highest BCUT2D eigenvalue weighted by atomic mass is 16.5. The number of ether oxygens (including phenoxy) is 1. The molecule has 0 aliphatic heterocycles. The number of rotatable bonds is 4. The molecule has 72 valence electrons. The second-order valence-electron chi connectivity index (χ2n) is 3.30. The molecule has 1 aliphatic carbocycles. The van der Waals surface area contributed by atoms with Crippen molar-refractivity contribution in [2.24, 2.45) is 5.73 Å². The molecule has 0 radical (unpaired) electrons. The van der Waals surface area contributed by atoms with Gasteiger partial charge in [0.25, 0.3) is 0 Å². The van der Waals surface area contributed by atoms with Crippen molar-refractivity contribution >= 4 is 5.97 Å². The van der Waals surface area contributed by atoms with Gasteiger partial charge in [0.15, 0.2) is 0 Å². The number of hydrogen-bond donors (Lipinski definition) is 1. The third-order valence-electron chi connectivity index (χ3n) is 2.20. The van der Waals surface area contributed by atoms with Crippen molar-refractivity contribution in [3.63, 3.8) is 0 Å². The fourth-order valence-corrected chi connectivity index (χ4v) is 0.892. The summed E-state index contributed by atoms with van der Waals surface area (Å²) < 4.78 is 5.01. The molecule has 3 nitrogen and oxygen atoms in total. The summed E-state index contributed by atoms with van der Waals surface area (Å²) in [5.41, 5.74) is 5.86. The van der Waals surface area contributed by atoms with Gasteiger partial charge in [-0.3, -0.25) is 4.79 Å². The van der Waals surface area contributed by atoms with Gasteiger partial charge >= 0.3 is 5.97 Å². The van der Waals surface area contributed by atoms with Crippen LogP contribution in [-0.4, -0.2) is 18.1 Å². The minimum Gasteiger partial charge on any atom is -0.459 e. The molecule has 3 heteroatoms. The first-order chi connectivity index (χ1) is 6.12. The van der Waals surface area contributed by atoms with E-state index in [0.717, 1.165) is 18.4 Å². The lowest BCUT2D eigenvalue weighted by atomic mass is 10.2. The second-order valence-corrected chi connectivity index (χ2v) is 3.30. The Hall–Kier alpha value is -1.09. The van der Waals surface area contributed by atoms with Gasteiger partial charge in [-0.15, -0.1) is 0 Å². The topological polar surface area (TPSA) is 52.3 Å². The quantitative estimate of drug-likeness (QED) is 0.523. The van der Waals surface area contributed by atoms with Crippen LogP contribution in [0.2, 0.25) is 0 Å². The SMILES string of the molecule is C=C/C(=C\C)COC(=O)C1(N)CC1. The molecule has 0 atom stereocenters. The van der Waals surface area contributed by atoms with E-state index in [2.05, 4.69) is 6.58 Å². The van der Waals surface area contributed by atoms with E-state index in [1.54, 1.807) is 6.08 Å². The summed E-state index contributed by atoms with van der Waals surface area (Å²) in [6.07, 6.45) is 5.01. The average Bonchev–Trinajstić information content (AvgIpc) is 2.86. The molecule has 0 aromatic rings. The number of nitrogens with two attached hydrogens (primary N) is 1. The van der Waals surface area contributed by atoms with E-state index >= 15 is 0 Å². The van der Waals surface area contributed by atoms with Crippen molar-refractivity contribution in [2.75, 3.05) is 6.61 Å².